The van der Waals surface area contributed by atoms with Gasteiger partial charge in [-0.1, -0.05) is 79.4 Å². The smallest absolute Gasteiger partial charge is 0.264 e. The van der Waals surface area contributed by atoms with Crippen molar-refractivity contribution in [2.45, 2.75) is 75.9 Å². The summed E-state index contributed by atoms with van der Waals surface area (Å²) in [5, 5.41) is 3.24. The van der Waals surface area contributed by atoms with Crippen molar-refractivity contribution < 1.29 is 27.5 Å². The molecule has 0 heterocycles. The minimum Gasteiger partial charge on any atom is -0.497 e. The van der Waals surface area contributed by atoms with Crippen LogP contribution in [0.2, 0.25) is 0 Å². The molecule has 1 saturated carbocycles. The number of ether oxygens (including phenoxy) is 2. The summed E-state index contributed by atoms with van der Waals surface area (Å²) in [6.07, 6.45) is 5.23. The van der Waals surface area contributed by atoms with Gasteiger partial charge in [-0.25, -0.2) is 8.42 Å². The Bertz CT molecular complexity index is 1810. The van der Waals surface area contributed by atoms with Gasteiger partial charge in [0.15, 0.2) is 0 Å². The van der Waals surface area contributed by atoms with Gasteiger partial charge in [0.05, 0.1) is 24.3 Å². The molecule has 2 amide bonds. The molecule has 1 aliphatic carbocycles. The van der Waals surface area contributed by atoms with Crippen molar-refractivity contribution in [2.24, 2.45) is 0 Å². The third kappa shape index (κ3) is 9.44. The van der Waals surface area contributed by atoms with E-state index >= 15 is 0 Å². The van der Waals surface area contributed by atoms with Crippen molar-refractivity contribution in [1.82, 2.24) is 10.2 Å². The molecule has 1 atom stereocenters. The number of rotatable bonds is 15. The van der Waals surface area contributed by atoms with E-state index in [1.54, 1.807) is 31.4 Å². The van der Waals surface area contributed by atoms with Crippen molar-refractivity contribution in [3.63, 3.8) is 0 Å². The van der Waals surface area contributed by atoms with Gasteiger partial charge in [-0.15, -0.1) is 0 Å². The number of carbonyl (C=O) groups excluding carboxylic acids is 2. The number of anilines is 1. The zero-order valence-corrected chi connectivity index (χ0v) is 29.9. The maximum Gasteiger partial charge on any atom is 0.264 e. The number of hydrogen-bond acceptors (Lipinski definition) is 6. The summed E-state index contributed by atoms with van der Waals surface area (Å²) in [5.74, 6) is 0.387. The van der Waals surface area contributed by atoms with E-state index in [1.807, 2.05) is 80.6 Å². The average Bonchev–Trinajstić information content (AvgIpc) is 3.13. The Kier molecular flexibility index (Phi) is 12.5. The summed E-state index contributed by atoms with van der Waals surface area (Å²) < 4.78 is 40.9. The number of carbonyl (C=O) groups is 2. The van der Waals surface area contributed by atoms with Crippen molar-refractivity contribution in [2.75, 3.05) is 24.6 Å². The molecular formula is C40H47N3O6S. The Labute approximate surface area is 296 Å². The van der Waals surface area contributed by atoms with Crippen molar-refractivity contribution >= 4 is 27.5 Å². The standard InChI is InChI=1S/C40H47N3O6S/c1-4-49-35-22-24-37(25-23-35)50(46,47)43(34-20-18-30(2)19-21-34)29-39(44)42(28-32-14-11-17-36(26-32)48-3)38(27-31-12-7-5-8-13-31)40(45)41-33-15-9-6-10-16-33/h5,7-8,11-14,17-26,33,38H,4,6,9-10,15-16,27-29H2,1-3H3,(H,41,45)/t38-/m1/s1. The van der Waals surface area contributed by atoms with Crippen LogP contribution in [0.3, 0.4) is 0 Å². The Morgan fingerprint density at radius 1 is 0.840 bits per heavy atom. The van der Waals surface area contributed by atoms with Crippen LogP contribution >= 0.6 is 0 Å². The molecule has 1 fully saturated rings. The van der Waals surface area contributed by atoms with E-state index in [0.29, 0.717) is 23.8 Å². The van der Waals surface area contributed by atoms with Crippen LogP contribution in [0, 0.1) is 6.92 Å². The number of hydrogen-bond donors (Lipinski definition) is 1. The third-order valence-electron chi connectivity index (χ3n) is 9.03. The summed E-state index contributed by atoms with van der Waals surface area (Å²) in [6.45, 7) is 3.75. The molecule has 0 unspecified atom stereocenters. The predicted octanol–water partition coefficient (Wildman–Crippen LogP) is 6.69. The number of amides is 2. The van der Waals surface area contributed by atoms with E-state index in [4.69, 9.17) is 9.47 Å². The zero-order valence-electron chi connectivity index (χ0n) is 29.1. The van der Waals surface area contributed by atoms with E-state index in [9.17, 15) is 18.0 Å². The molecule has 5 rings (SSSR count). The first-order chi connectivity index (χ1) is 24.2. The summed E-state index contributed by atoms with van der Waals surface area (Å²) >= 11 is 0. The number of nitrogens with one attached hydrogen (secondary N) is 1. The van der Waals surface area contributed by atoms with Gasteiger partial charge in [0.2, 0.25) is 11.8 Å². The molecular weight excluding hydrogens is 651 g/mol. The van der Waals surface area contributed by atoms with Gasteiger partial charge in [0.25, 0.3) is 10.0 Å². The SMILES string of the molecule is CCOc1ccc(S(=O)(=O)N(CC(=O)N(Cc2cccc(OC)c2)[C@H](Cc2ccccc2)C(=O)NC2CCCCC2)c2ccc(C)cc2)cc1. The van der Waals surface area contributed by atoms with E-state index in [-0.39, 0.29) is 29.8 Å². The first-order valence-corrected chi connectivity index (χ1v) is 18.7. The highest BCUT2D eigenvalue weighted by molar-refractivity contribution is 7.92. The number of nitrogens with zero attached hydrogens (tertiary/aromatic N) is 2. The number of benzene rings is 4. The topological polar surface area (TPSA) is 105 Å². The lowest BCUT2D eigenvalue weighted by molar-refractivity contribution is -0.140. The van der Waals surface area contributed by atoms with Crippen LogP contribution < -0.4 is 19.1 Å². The molecule has 4 aromatic rings. The molecule has 0 aliphatic heterocycles. The summed E-state index contributed by atoms with van der Waals surface area (Å²) in [5.41, 5.74) is 2.92. The quantitative estimate of drug-likeness (QED) is 0.149. The Morgan fingerprint density at radius 2 is 1.52 bits per heavy atom. The Morgan fingerprint density at radius 3 is 2.18 bits per heavy atom. The van der Waals surface area contributed by atoms with Crippen LogP contribution in [0.4, 0.5) is 5.69 Å². The molecule has 0 bridgehead atoms. The molecule has 0 saturated heterocycles. The van der Waals surface area contributed by atoms with Crippen LogP contribution in [-0.2, 0) is 32.6 Å². The predicted molar refractivity (Wildman–Crippen MR) is 196 cm³/mol. The zero-order chi connectivity index (χ0) is 35.5. The van der Waals surface area contributed by atoms with Crippen molar-refractivity contribution in [3.05, 3.63) is 120 Å². The van der Waals surface area contributed by atoms with E-state index in [2.05, 4.69) is 5.32 Å². The van der Waals surface area contributed by atoms with Crippen LogP contribution in [0.5, 0.6) is 11.5 Å². The lowest BCUT2D eigenvalue weighted by Gasteiger charge is -2.35. The molecule has 264 valence electrons. The van der Waals surface area contributed by atoms with Crippen LogP contribution in [0.15, 0.2) is 108 Å². The first kappa shape index (κ1) is 36.5. The Balaban J connectivity index is 1.56. The summed E-state index contributed by atoms with van der Waals surface area (Å²) in [4.78, 5) is 30.6. The number of sulfonamides is 1. The van der Waals surface area contributed by atoms with Gasteiger partial charge < -0.3 is 19.7 Å². The number of methoxy groups -OCH3 is 1. The second-order valence-electron chi connectivity index (χ2n) is 12.7. The minimum atomic E-state index is -4.23. The second-order valence-corrected chi connectivity index (χ2v) is 14.5. The van der Waals surface area contributed by atoms with Gasteiger partial charge >= 0.3 is 0 Å². The van der Waals surface area contributed by atoms with Gasteiger partial charge in [0, 0.05) is 19.0 Å². The monoisotopic (exact) mass is 697 g/mol. The van der Waals surface area contributed by atoms with Gasteiger partial charge in [-0.3, -0.25) is 13.9 Å². The molecule has 50 heavy (non-hydrogen) atoms. The highest BCUT2D eigenvalue weighted by atomic mass is 32.2. The fraction of sp³-hybridized carbons (Fsp3) is 0.350. The molecule has 0 radical (unpaired) electrons. The van der Waals surface area contributed by atoms with Crippen molar-refractivity contribution in [1.29, 1.82) is 0 Å². The molecule has 0 spiro atoms. The normalized spacial score (nSPS) is 14.0. The average molecular weight is 698 g/mol. The van der Waals surface area contributed by atoms with Crippen LogP contribution in [0.1, 0.15) is 55.7 Å². The Hall–Kier alpha value is -4.83. The lowest BCUT2D eigenvalue weighted by Crippen LogP contribution is -2.55. The molecule has 4 aromatic carbocycles. The van der Waals surface area contributed by atoms with E-state index < -0.39 is 28.5 Å². The molecule has 9 nitrogen and oxygen atoms in total. The van der Waals surface area contributed by atoms with Gasteiger partial charge in [-0.2, -0.15) is 0 Å². The molecule has 1 aliphatic rings. The highest BCUT2D eigenvalue weighted by Gasteiger charge is 2.35. The molecule has 1 N–H and O–H groups in total. The van der Waals surface area contributed by atoms with Crippen LogP contribution in [-0.4, -0.2) is 57.5 Å². The highest BCUT2D eigenvalue weighted by Crippen LogP contribution is 2.27. The lowest BCUT2D eigenvalue weighted by atomic mass is 9.94. The third-order valence-corrected chi connectivity index (χ3v) is 10.8. The summed E-state index contributed by atoms with van der Waals surface area (Å²) in [6, 6.07) is 29.2. The fourth-order valence-electron chi connectivity index (χ4n) is 6.31. The molecule has 10 heteroatoms. The van der Waals surface area contributed by atoms with Crippen molar-refractivity contribution in [3.8, 4) is 11.5 Å². The maximum absolute atomic E-state index is 14.8. The first-order valence-electron chi connectivity index (χ1n) is 17.3. The largest absolute Gasteiger partial charge is 0.497 e. The van der Waals surface area contributed by atoms with E-state index in [1.165, 1.54) is 17.0 Å². The minimum absolute atomic E-state index is 0.0181. The van der Waals surface area contributed by atoms with E-state index in [0.717, 1.165) is 53.1 Å². The maximum atomic E-state index is 14.8. The second kappa shape index (κ2) is 17.2. The van der Waals surface area contributed by atoms with Gasteiger partial charge in [-0.05, 0) is 86.3 Å². The van der Waals surface area contributed by atoms with Gasteiger partial charge in [0.1, 0.15) is 24.1 Å². The number of aryl methyl sites for hydroxylation is 1. The molecule has 0 aromatic heterocycles. The van der Waals surface area contributed by atoms with Crippen LogP contribution in [0.25, 0.3) is 0 Å². The summed E-state index contributed by atoms with van der Waals surface area (Å²) in [7, 11) is -2.66. The fourth-order valence-corrected chi connectivity index (χ4v) is 7.72.